The minimum absolute atomic E-state index is 0.0925. The number of rotatable bonds is 5. The normalized spacial score (nSPS) is 16.8. The van der Waals surface area contributed by atoms with E-state index in [1.807, 2.05) is 24.3 Å². The van der Waals surface area contributed by atoms with Gasteiger partial charge in [-0.3, -0.25) is 4.79 Å². The van der Waals surface area contributed by atoms with Crippen molar-refractivity contribution in [1.29, 1.82) is 0 Å². The average Bonchev–Trinajstić information content (AvgIpc) is 3.37. The molecule has 0 fully saturated rings. The molecule has 2 aromatic heterocycles. The van der Waals surface area contributed by atoms with Crippen molar-refractivity contribution in [1.82, 2.24) is 25.2 Å². The van der Waals surface area contributed by atoms with Crippen molar-refractivity contribution >= 4 is 28.9 Å². The third-order valence-electron chi connectivity index (χ3n) is 5.54. The number of carboxylic acid groups (broad SMARTS) is 1. The molecule has 1 aliphatic rings. The molecule has 174 valence electrons. The molecule has 3 aromatic rings. The van der Waals surface area contributed by atoms with Crippen LogP contribution in [0.25, 0.3) is 10.9 Å². The van der Waals surface area contributed by atoms with Crippen LogP contribution in [0.4, 0.5) is 4.79 Å². The molecular weight excluding hydrogens is 426 g/mol. The Morgan fingerprint density at radius 2 is 2.06 bits per heavy atom. The number of aromatic nitrogens is 3. The third-order valence-corrected chi connectivity index (χ3v) is 5.54. The SMILES string of the molecule is CC(C)(C)OC(=O)N[C@@H](Cc1cnc[nH]1)C(=O)N1Cc2[nH]c3ccccc3c2C[C@H]1C(=O)O. The lowest BCUT2D eigenvalue weighted by atomic mass is 9.95. The van der Waals surface area contributed by atoms with Crippen LogP contribution < -0.4 is 5.32 Å². The van der Waals surface area contributed by atoms with E-state index in [0.29, 0.717) is 5.69 Å². The zero-order valence-corrected chi connectivity index (χ0v) is 18.7. The first-order chi connectivity index (χ1) is 15.6. The fourth-order valence-corrected chi connectivity index (χ4v) is 4.13. The smallest absolute Gasteiger partial charge is 0.408 e. The van der Waals surface area contributed by atoms with E-state index in [2.05, 4.69) is 20.3 Å². The number of benzene rings is 1. The second-order valence-electron chi connectivity index (χ2n) is 9.13. The second kappa shape index (κ2) is 8.61. The summed E-state index contributed by atoms with van der Waals surface area (Å²) in [6.07, 6.45) is 2.56. The lowest BCUT2D eigenvalue weighted by Crippen LogP contribution is -2.56. The third kappa shape index (κ3) is 4.84. The molecule has 0 aliphatic carbocycles. The summed E-state index contributed by atoms with van der Waals surface area (Å²) in [4.78, 5) is 49.7. The van der Waals surface area contributed by atoms with Gasteiger partial charge in [-0.15, -0.1) is 0 Å². The van der Waals surface area contributed by atoms with Crippen molar-refractivity contribution in [2.24, 2.45) is 0 Å². The number of carbonyl (C=O) groups is 3. The maximum atomic E-state index is 13.6. The maximum absolute atomic E-state index is 13.6. The number of fused-ring (bicyclic) bond motifs is 3. The van der Waals surface area contributed by atoms with E-state index >= 15 is 0 Å². The van der Waals surface area contributed by atoms with Crippen LogP contribution in [-0.4, -0.2) is 60.6 Å². The molecule has 1 aromatic carbocycles. The fraction of sp³-hybridized carbons (Fsp3) is 0.391. The van der Waals surface area contributed by atoms with Gasteiger partial charge in [0.2, 0.25) is 5.91 Å². The molecule has 4 rings (SSSR count). The fourth-order valence-electron chi connectivity index (χ4n) is 4.13. The summed E-state index contributed by atoms with van der Waals surface area (Å²) in [5, 5.41) is 13.5. The molecule has 33 heavy (non-hydrogen) atoms. The summed E-state index contributed by atoms with van der Waals surface area (Å²) in [6, 6.07) is 5.55. The van der Waals surface area contributed by atoms with Gasteiger partial charge in [0.15, 0.2) is 0 Å². The number of imidazole rings is 1. The van der Waals surface area contributed by atoms with E-state index in [4.69, 9.17) is 4.74 Å². The number of carboxylic acids is 1. The molecule has 10 nitrogen and oxygen atoms in total. The van der Waals surface area contributed by atoms with E-state index < -0.39 is 35.7 Å². The van der Waals surface area contributed by atoms with Crippen LogP contribution >= 0.6 is 0 Å². The highest BCUT2D eigenvalue weighted by Gasteiger charge is 2.39. The zero-order chi connectivity index (χ0) is 23.8. The number of carbonyl (C=O) groups excluding carboxylic acids is 2. The Kier molecular flexibility index (Phi) is 5.84. The highest BCUT2D eigenvalue weighted by atomic mass is 16.6. The van der Waals surface area contributed by atoms with Gasteiger partial charge < -0.3 is 30.0 Å². The van der Waals surface area contributed by atoms with Gasteiger partial charge in [-0.05, 0) is 32.4 Å². The first kappa shape index (κ1) is 22.4. The van der Waals surface area contributed by atoms with Crippen LogP contribution in [0.2, 0.25) is 0 Å². The molecule has 0 bridgehead atoms. The van der Waals surface area contributed by atoms with E-state index in [0.717, 1.165) is 22.2 Å². The van der Waals surface area contributed by atoms with Crippen molar-refractivity contribution in [3.8, 4) is 0 Å². The topological polar surface area (TPSA) is 140 Å². The van der Waals surface area contributed by atoms with E-state index in [1.165, 1.54) is 11.2 Å². The Morgan fingerprint density at radius 3 is 2.73 bits per heavy atom. The molecule has 2 amide bonds. The van der Waals surface area contributed by atoms with Gasteiger partial charge >= 0.3 is 12.1 Å². The number of nitrogens with one attached hydrogen (secondary N) is 3. The highest BCUT2D eigenvalue weighted by Crippen LogP contribution is 2.31. The molecule has 2 atom stereocenters. The van der Waals surface area contributed by atoms with Crippen LogP contribution in [-0.2, 0) is 33.7 Å². The molecule has 0 radical (unpaired) electrons. The lowest BCUT2D eigenvalue weighted by Gasteiger charge is -2.35. The predicted molar refractivity (Wildman–Crippen MR) is 119 cm³/mol. The maximum Gasteiger partial charge on any atom is 0.408 e. The number of alkyl carbamates (subject to hydrolysis) is 1. The molecule has 3 heterocycles. The van der Waals surface area contributed by atoms with Gasteiger partial charge in [-0.2, -0.15) is 0 Å². The molecule has 0 saturated carbocycles. The van der Waals surface area contributed by atoms with Gasteiger partial charge in [0.1, 0.15) is 17.7 Å². The van der Waals surface area contributed by atoms with Crippen LogP contribution in [0.15, 0.2) is 36.8 Å². The highest BCUT2D eigenvalue weighted by molar-refractivity contribution is 5.92. The van der Waals surface area contributed by atoms with Crippen molar-refractivity contribution in [3.63, 3.8) is 0 Å². The first-order valence-corrected chi connectivity index (χ1v) is 10.7. The van der Waals surface area contributed by atoms with Crippen LogP contribution in [0, 0.1) is 0 Å². The van der Waals surface area contributed by atoms with E-state index in [9.17, 15) is 19.5 Å². The van der Waals surface area contributed by atoms with Crippen LogP contribution in [0.5, 0.6) is 0 Å². The van der Waals surface area contributed by atoms with Crippen molar-refractivity contribution < 1.29 is 24.2 Å². The Labute approximate surface area is 190 Å². The second-order valence-corrected chi connectivity index (χ2v) is 9.13. The monoisotopic (exact) mass is 453 g/mol. The number of H-pyrrole nitrogens is 2. The number of aliphatic carboxylic acids is 1. The molecular formula is C23H27N5O5. The Bertz CT molecular complexity index is 1180. The Balaban J connectivity index is 1.64. The molecule has 0 spiro atoms. The average molecular weight is 453 g/mol. The first-order valence-electron chi connectivity index (χ1n) is 10.7. The Hall–Kier alpha value is -3.82. The van der Waals surface area contributed by atoms with Gasteiger partial charge in [-0.25, -0.2) is 14.6 Å². The number of para-hydroxylation sites is 1. The number of hydrogen-bond donors (Lipinski definition) is 4. The number of ether oxygens (including phenoxy) is 1. The van der Waals surface area contributed by atoms with Crippen LogP contribution in [0.3, 0.4) is 0 Å². The lowest BCUT2D eigenvalue weighted by molar-refractivity contribution is -0.152. The molecule has 10 heteroatoms. The summed E-state index contributed by atoms with van der Waals surface area (Å²) in [6.45, 7) is 5.26. The zero-order valence-electron chi connectivity index (χ0n) is 18.7. The van der Waals surface area contributed by atoms with Gasteiger partial charge in [-0.1, -0.05) is 18.2 Å². The minimum Gasteiger partial charge on any atom is -0.480 e. The van der Waals surface area contributed by atoms with Crippen molar-refractivity contribution in [2.75, 3.05) is 0 Å². The van der Waals surface area contributed by atoms with Crippen molar-refractivity contribution in [2.45, 2.75) is 57.8 Å². The summed E-state index contributed by atoms with van der Waals surface area (Å²) in [5.41, 5.74) is 2.45. The number of nitrogens with zero attached hydrogens (tertiary/aromatic N) is 2. The Morgan fingerprint density at radius 1 is 1.30 bits per heavy atom. The number of amides is 2. The number of hydrogen-bond acceptors (Lipinski definition) is 5. The van der Waals surface area contributed by atoms with Gasteiger partial charge in [0.25, 0.3) is 0 Å². The predicted octanol–water partition coefficient (Wildman–Crippen LogP) is 2.36. The van der Waals surface area contributed by atoms with Crippen LogP contribution in [0.1, 0.15) is 37.7 Å². The standard InChI is InChI=1S/C23H27N5O5/c1-23(2,3)33-22(32)27-17(8-13-10-24-12-25-13)20(29)28-11-18-15(9-19(28)21(30)31)14-6-4-5-7-16(14)26-18/h4-7,10,12,17,19,26H,8-9,11H2,1-3H3,(H,24,25)(H,27,32)(H,30,31)/t17-,19-/m0/s1. The summed E-state index contributed by atoms with van der Waals surface area (Å²) in [7, 11) is 0. The van der Waals surface area contributed by atoms with E-state index in [-0.39, 0.29) is 19.4 Å². The van der Waals surface area contributed by atoms with Gasteiger partial charge in [0, 0.05) is 41.3 Å². The summed E-state index contributed by atoms with van der Waals surface area (Å²) >= 11 is 0. The quantitative estimate of drug-likeness (QED) is 0.467. The van der Waals surface area contributed by atoms with Gasteiger partial charge in [0.05, 0.1) is 12.9 Å². The molecule has 0 saturated heterocycles. The molecule has 1 aliphatic heterocycles. The largest absolute Gasteiger partial charge is 0.480 e. The minimum atomic E-state index is -1.10. The molecule has 4 N–H and O–H groups in total. The van der Waals surface area contributed by atoms with Crippen molar-refractivity contribution in [3.05, 3.63) is 53.7 Å². The summed E-state index contributed by atoms with van der Waals surface area (Å²) in [5.74, 6) is -1.61. The van der Waals surface area contributed by atoms with E-state index in [1.54, 1.807) is 27.0 Å². The summed E-state index contributed by atoms with van der Waals surface area (Å²) < 4.78 is 5.33. The molecule has 0 unspecified atom stereocenters. The number of aromatic amines is 2.